The minimum absolute atomic E-state index is 0.0721. The molecule has 0 aliphatic rings. The molecule has 43 heavy (non-hydrogen) atoms. The molecule has 4 rings (SSSR count). The van der Waals surface area contributed by atoms with E-state index in [1.807, 2.05) is 19.1 Å². The van der Waals surface area contributed by atoms with Crippen LogP contribution in [-0.4, -0.2) is 19.1 Å². The molecule has 0 saturated carbocycles. The maximum Gasteiger partial charge on any atom is 0.285 e. The molecule has 2 nitrogen and oxygen atoms in total. The Bertz CT molecular complexity index is 1600. The Labute approximate surface area is 245 Å². The van der Waals surface area contributed by atoms with Gasteiger partial charge in [0, 0.05) is 12.0 Å². The molecule has 0 amide bonds. The lowest BCUT2D eigenvalue weighted by molar-refractivity contribution is -0.0415. The normalized spacial score (nSPS) is 11.7. The Kier molecular flexibility index (Phi) is 10.2. The first-order chi connectivity index (χ1) is 20.5. The molecular weight excluding hydrogens is 573 g/mol. The highest BCUT2D eigenvalue weighted by Crippen LogP contribution is 2.32. The van der Waals surface area contributed by atoms with E-state index >= 15 is 0 Å². The Morgan fingerprint density at radius 3 is 1.98 bits per heavy atom. The van der Waals surface area contributed by atoms with Gasteiger partial charge in [-0.1, -0.05) is 60.7 Å². The maximum absolute atomic E-state index is 14.8. The predicted octanol–water partition coefficient (Wildman–Crippen LogP) is 9.88. The molecule has 0 fully saturated rings. The first-order valence-electron chi connectivity index (χ1n) is 13.6. The molecular formula is C34H29F7O2. The molecule has 226 valence electrons. The van der Waals surface area contributed by atoms with Crippen molar-refractivity contribution < 1.29 is 40.2 Å². The van der Waals surface area contributed by atoms with Crippen molar-refractivity contribution in [2.24, 2.45) is 0 Å². The first-order valence-corrected chi connectivity index (χ1v) is 13.6. The molecule has 0 aliphatic heterocycles. The zero-order chi connectivity index (χ0) is 31.1. The lowest BCUT2D eigenvalue weighted by Gasteiger charge is -2.18. The SMILES string of the molecule is CC=CCCc1ccc(-c2ccc(-c3ccc(OCC(F)(F)Cc4ccc(OCC)c(F)c4F)c(F)c3)cc2)c(F)c1F. The number of alkyl halides is 2. The molecule has 0 saturated heterocycles. The Balaban J connectivity index is 1.43. The number of hydrogen-bond donors (Lipinski definition) is 0. The standard InChI is InChI=1S/C34H29F7O2/c1-3-5-6-7-23-12-15-26(32(38)30(23)36)22-10-8-21(9-11-22)24-13-16-28(27(35)18-24)43-20-34(40,41)19-25-14-17-29(42-4-2)33(39)31(25)37/h3,5,8-18H,4,6-7,19-20H2,1-2H3. The van der Waals surface area contributed by atoms with Crippen LogP contribution in [0.2, 0.25) is 0 Å². The van der Waals surface area contributed by atoms with Crippen LogP contribution in [0.4, 0.5) is 30.7 Å². The summed E-state index contributed by atoms with van der Waals surface area (Å²) in [6.07, 6.45) is 3.51. The summed E-state index contributed by atoms with van der Waals surface area (Å²) in [6, 6.07) is 15.2. The van der Waals surface area contributed by atoms with E-state index in [2.05, 4.69) is 0 Å². The van der Waals surface area contributed by atoms with Crippen molar-refractivity contribution in [1.82, 2.24) is 0 Å². The van der Waals surface area contributed by atoms with E-state index in [1.54, 1.807) is 37.3 Å². The number of rotatable bonds is 12. The fourth-order valence-electron chi connectivity index (χ4n) is 4.54. The van der Waals surface area contributed by atoms with E-state index in [-0.39, 0.29) is 23.5 Å². The van der Waals surface area contributed by atoms with Crippen LogP contribution in [-0.2, 0) is 12.8 Å². The summed E-state index contributed by atoms with van der Waals surface area (Å²) in [5.74, 6) is -10.1. The highest BCUT2D eigenvalue weighted by molar-refractivity contribution is 5.71. The zero-order valence-electron chi connectivity index (χ0n) is 23.5. The Morgan fingerprint density at radius 1 is 0.674 bits per heavy atom. The molecule has 0 heterocycles. The first kappa shape index (κ1) is 31.7. The van der Waals surface area contributed by atoms with E-state index < -0.39 is 59.3 Å². The van der Waals surface area contributed by atoms with Gasteiger partial charge in [0.25, 0.3) is 5.92 Å². The van der Waals surface area contributed by atoms with Crippen LogP contribution in [0.1, 0.15) is 31.4 Å². The third-order valence-corrected chi connectivity index (χ3v) is 6.75. The van der Waals surface area contributed by atoms with Crippen LogP contribution in [0.15, 0.2) is 78.9 Å². The van der Waals surface area contributed by atoms with Gasteiger partial charge < -0.3 is 9.47 Å². The average Bonchev–Trinajstić information content (AvgIpc) is 2.99. The summed E-state index contributed by atoms with van der Waals surface area (Å²) in [6.45, 7) is 2.22. The van der Waals surface area contributed by atoms with Crippen molar-refractivity contribution in [3.8, 4) is 33.8 Å². The molecule has 0 aliphatic carbocycles. The smallest absolute Gasteiger partial charge is 0.285 e. The monoisotopic (exact) mass is 602 g/mol. The molecule has 0 aromatic heterocycles. The lowest BCUT2D eigenvalue weighted by atomic mass is 9.98. The average molecular weight is 603 g/mol. The van der Waals surface area contributed by atoms with Gasteiger partial charge in [0.1, 0.15) is 0 Å². The van der Waals surface area contributed by atoms with Crippen LogP contribution in [0.3, 0.4) is 0 Å². The van der Waals surface area contributed by atoms with Crippen LogP contribution in [0.25, 0.3) is 22.3 Å². The van der Waals surface area contributed by atoms with Gasteiger partial charge in [0.15, 0.2) is 41.4 Å². The van der Waals surface area contributed by atoms with Crippen molar-refractivity contribution >= 4 is 0 Å². The third kappa shape index (κ3) is 7.58. The fraction of sp³-hybridized carbons (Fsp3) is 0.235. The number of aryl methyl sites for hydroxylation is 1. The zero-order valence-corrected chi connectivity index (χ0v) is 23.5. The molecule has 0 unspecified atom stereocenters. The molecule has 0 bridgehead atoms. The Hall–Kier alpha value is -4.27. The van der Waals surface area contributed by atoms with Crippen LogP contribution in [0, 0.1) is 29.1 Å². The van der Waals surface area contributed by atoms with Crippen molar-refractivity contribution in [3.63, 3.8) is 0 Å². The summed E-state index contributed by atoms with van der Waals surface area (Å²) >= 11 is 0. The quantitative estimate of drug-likeness (QED) is 0.119. The minimum Gasteiger partial charge on any atom is -0.491 e. The molecule has 0 N–H and O–H groups in total. The van der Waals surface area contributed by atoms with Gasteiger partial charge in [-0.15, -0.1) is 0 Å². The van der Waals surface area contributed by atoms with Crippen molar-refractivity contribution in [3.05, 3.63) is 119 Å². The third-order valence-electron chi connectivity index (χ3n) is 6.75. The molecule has 0 radical (unpaired) electrons. The van der Waals surface area contributed by atoms with Gasteiger partial charge >= 0.3 is 0 Å². The lowest BCUT2D eigenvalue weighted by Crippen LogP contribution is -2.29. The summed E-state index contributed by atoms with van der Waals surface area (Å²) in [5, 5.41) is 0. The van der Waals surface area contributed by atoms with Crippen molar-refractivity contribution in [2.75, 3.05) is 13.2 Å². The molecule has 4 aromatic rings. The van der Waals surface area contributed by atoms with Crippen molar-refractivity contribution in [1.29, 1.82) is 0 Å². The second kappa shape index (κ2) is 13.8. The topological polar surface area (TPSA) is 18.5 Å². The summed E-state index contributed by atoms with van der Waals surface area (Å²) < 4.78 is 111. The van der Waals surface area contributed by atoms with Gasteiger partial charge in [-0.05, 0) is 72.7 Å². The molecule has 0 spiro atoms. The Morgan fingerprint density at radius 2 is 1.30 bits per heavy atom. The number of allylic oxidation sites excluding steroid dienone is 2. The van der Waals surface area contributed by atoms with Crippen LogP contribution < -0.4 is 9.47 Å². The van der Waals surface area contributed by atoms with E-state index in [1.165, 1.54) is 18.2 Å². The van der Waals surface area contributed by atoms with Gasteiger partial charge in [-0.3, -0.25) is 0 Å². The van der Waals surface area contributed by atoms with E-state index in [0.717, 1.165) is 18.2 Å². The van der Waals surface area contributed by atoms with Gasteiger partial charge in [0.05, 0.1) is 6.61 Å². The van der Waals surface area contributed by atoms with E-state index in [0.29, 0.717) is 29.5 Å². The van der Waals surface area contributed by atoms with Crippen molar-refractivity contribution in [2.45, 2.75) is 39.0 Å². The molecule has 0 atom stereocenters. The maximum atomic E-state index is 14.8. The largest absolute Gasteiger partial charge is 0.491 e. The summed E-state index contributed by atoms with van der Waals surface area (Å²) in [7, 11) is 0. The number of ether oxygens (including phenoxy) is 2. The molecule has 4 aromatic carbocycles. The minimum atomic E-state index is -3.64. The second-order valence-corrected chi connectivity index (χ2v) is 9.84. The number of hydrogen-bond acceptors (Lipinski definition) is 2. The predicted molar refractivity (Wildman–Crippen MR) is 152 cm³/mol. The second-order valence-electron chi connectivity index (χ2n) is 9.84. The fourth-order valence-corrected chi connectivity index (χ4v) is 4.54. The van der Waals surface area contributed by atoms with Crippen LogP contribution in [0.5, 0.6) is 11.5 Å². The van der Waals surface area contributed by atoms with Crippen LogP contribution >= 0.6 is 0 Å². The summed E-state index contributed by atoms with van der Waals surface area (Å²) in [5.41, 5.74) is 1.15. The summed E-state index contributed by atoms with van der Waals surface area (Å²) in [4.78, 5) is 0. The molecule has 9 heteroatoms. The van der Waals surface area contributed by atoms with E-state index in [4.69, 9.17) is 9.47 Å². The van der Waals surface area contributed by atoms with Gasteiger partial charge in [-0.25, -0.2) is 26.3 Å². The number of halogens is 7. The van der Waals surface area contributed by atoms with Gasteiger partial charge in [0.2, 0.25) is 5.82 Å². The van der Waals surface area contributed by atoms with Gasteiger partial charge in [-0.2, -0.15) is 4.39 Å². The number of benzene rings is 4. The van der Waals surface area contributed by atoms with E-state index in [9.17, 15) is 30.7 Å². The highest BCUT2D eigenvalue weighted by atomic mass is 19.3. The highest BCUT2D eigenvalue weighted by Gasteiger charge is 2.33.